The number of hydrogen-bond donors (Lipinski definition) is 0. The lowest BCUT2D eigenvalue weighted by atomic mass is 9.88. The van der Waals surface area contributed by atoms with Gasteiger partial charge in [-0.2, -0.15) is 0 Å². The van der Waals surface area contributed by atoms with Gasteiger partial charge in [0.05, 0.1) is 0 Å². The second-order valence-electron chi connectivity index (χ2n) is 7.61. The topological polar surface area (TPSA) is 2.70 Å². The SMILES string of the molecule is CCCC12CCC3(CCC)CCC(CCC)(CC1)[O+]23. The van der Waals surface area contributed by atoms with Gasteiger partial charge in [0.25, 0.3) is 0 Å². The van der Waals surface area contributed by atoms with E-state index in [2.05, 4.69) is 25.1 Å². The fourth-order valence-corrected chi connectivity index (χ4v) is 6.16. The lowest BCUT2D eigenvalue weighted by Gasteiger charge is -2.42. The molecule has 110 valence electrons. The van der Waals surface area contributed by atoms with Gasteiger partial charge in [-0.05, 0) is 19.3 Å². The Morgan fingerprint density at radius 3 is 1.05 bits per heavy atom. The highest BCUT2D eigenvalue weighted by Gasteiger charge is 2.74. The van der Waals surface area contributed by atoms with Crippen LogP contribution in [0.15, 0.2) is 0 Å². The van der Waals surface area contributed by atoms with E-state index in [1.165, 1.54) is 77.0 Å². The fraction of sp³-hybridized carbons (Fsp3) is 1.00. The van der Waals surface area contributed by atoms with E-state index in [-0.39, 0.29) is 0 Å². The molecule has 19 heavy (non-hydrogen) atoms. The molecule has 0 atom stereocenters. The van der Waals surface area contributed by atoms with Crippen molar-refractivity contribution >= 4 is 0 Å². The molecule has 0 unspecified atom stereocenters. The molecule has 0 saturated carbocycles. The number of hydrogen-bond acceptors (Lipinski definition) is 0. The van der Waals surface area contributed by atoms with Crippen LogP contribution in [0.3, 0.4) is 0 Å². The predicted molar refractivity (Wildman–Crippen MR) is 81.7 cm³/mol. The molecule has 0 amide bonds. The monoisotopic (exact) mass is 265 g/mol. The van der Waals surface area contributed by atoms with E-state index >= 15 is 0 Å². The van der Waals surface area contributed by atoms with E-state index in [0.717, 1.165) is 0 Å². The highest BCUT2D eigenvalue weighted by atomic mass is 16.8. The Labute approximate surface area is 119 Å². The van der Waals surface area contributed by atoms with Crippen molar-refractivity contribution in [3.05, 3.63) is 0 Å². The smallest absolute Gasteiger partial charge is 0.167 e. The van der Waals surface area contributed by atoms with Gasteiger partial charge < -0.3 is 4.37 Å². The summed E-state index contributed by atoms with van der Waals surface area (Å²) in [6.07, 6.45) is 17.2. The molecule has 3 heterocycles. The van der Waals surface area contributed by atoms with Crippen molar-refractivity contribution in [2.24, 2.45) is 0 Å². The van der Waals surface area contributed by atoms with E-state index in [1.54, 1.807) is 0 Å². The highest BCUT2D eigenvalue weighted by molar-refractivity contribution is 5.15. The summed E-state index contributed by atoms with van der Waals surface area (Å²) in [5, 5.41) is 0. The zero-order valence-electron chi connectivity index (χ0n) is 13.4. The van der Waals surface area contributed by atoms with Gasteiger partial charge in [0.1, 0.15) is 0 Å². The lowest BCUT2D eigenvalue weighted by molar-refractivity contribution is -0.326. The molecule has 0 aromatic carbocycles. The summed E-state index contributed by atoms with van der Waals surface area (Å²) in [7, 11) is 0. The molecule has 1 nitrogen and oxygen atoms in total. The average Bonchev–Trinajstić information content (AvgIpc) is 2.97. The Kier molecular flexibility index (Phi) is 3.48. The summed E-state index contributed by atoms with van der Waals surface area (Å²) >= 11 is 0. The van der Waals surface area contributed by atoms with E-state index in [4.69, 9.17) is 0 Å². The largest absolute Gasteiger partial charge is 0.408 e. The van der Waals surface area contributed by atoms with Crippen LogP contribution in [0.5, 0.6) is 0 Å². The highest BCUT2D eigenvalue weighted by Crippen LogP contribution is 2.69. The Morgan fingerprint density at radius 2 is 0.842 bits per heavy atom. The summed E-state index contributed by atoms with van der Waals surface area (Å²) in [6, 6.07) is 0. The molecule has 0 aliphatic carbocycles. The molecule has 3 saturated heterocycles. The van der Waals surface area contributed by atoms with Crippen molar-refractivity contribution in [3.63, 3.8) is 0 Å². The van der Waals surface area contributed by atoms with Gasteiger partial charge in [0.2, 0.25) is 0 Å². The molecule has 0 aromatic rings. The van der Waals surface area contributed by atoms with Crippen molar-refractivity contribution in [1.82, 2.24) is 0 Å². The van der Waals surface area contributed by atoms with Gasteiger partial charge in [-0.25, -0.2) is 0 Å². The van der Waals surface area contributed by atoms with Crippen LogP contribution in [-0.2, 0) is 4.37 Å². The molecular weight excluding hydrogens is 232 g/mol. The molecule has 1 heteroatoms. The third-order valence-corrected chi connectivity index (χ3v) is 6.52. The molecule has 0 radical (unpaired) electrons. The molecule has 3 fully saturated rings. The van der Waals surface area contributed by atoms with Crippen LogP contribution in [-0.4, -0.2) is 16.8 Å². The van der Waals surface area contributed by atoms with E-state index < -0.39 is 0 Å². The van der Waals surface area contributed by atoms with Gasteiger partial charge in [-0.15, -0.1) is 0 Å². The second-order valence-corrected chi connectivity index (χ2v) is 7.61. The van der Waals surface area contributed by atoms with Crippen LogP contribution in [0.25, 0.3) is 0 Å². The van der Waals surface area contributed by atoms with Gasteiger partial charge >= 0.3 is 0 Å². The fourth-order valence-electron chi connectivity index (χ4n) is 6.16. The molecule has 3 aliphatic heterocycles. The summed E-state index contributed by atoms with van der Waals surface area (Å²) in [5.41, 5.74) is 1.61. The van der Waals surface area contributed by atoms with E-state index in [0.29, 0.717) is 16.8 Å². The average molecular weight is 265 g/mol. The molecule has 0 spiro atoms. The Hall–Kier alpha value is -0.0400. The number of rotatable bonds is 6. The van der Waals surface area contributed by atoms with Crippen molar-refractivity contribution < 1.29 is 4.37 Å². The van der Waals surface area contributed by atoms with Crippen molar-refractivity contribution in [2.45, 2.75) is 115 Å². The van der Waals surface area contributed by atoms with Crippen LogP contribution in [0.1, 0.15) is 97.8 Å². The zero-order chi connectivity index (χ0) is 13.6. The molecule has 0 bridgehead atoms. The quantitative estimate of drug-likeness (QED) is 0.555. The van der Waals surface area contributed by atoms with Gasteiger partial charge in [0, 0.05) is 57.8 Å². The van der Waals surface area contributed by atoms with Crippen molar-refractivity contribution in [2.75, 3.05) is 0 Å². The Balaban J connectivity index is 1.96. The molecular formula is C18H33O+. The molecule has 0 aromatic heterocycles. The first-order chi connectivity index (χ1) is 9.17. The third-order valence-electron chi connectivity index (χ3n) is 6.52. The third kappa shape index (κ3) is 1.76. The van der Waals surface area contributed by atoms with Crippen molar-refractivity contribution in [1.29, 1.82) is 0 Å². The second kappa shape index (κ2) is 4.76. The Bertz CT molecular complexity index is 268. The van der Waals surface area contributed by atoms with Crippen LogP contribution in [0.2, 0.25) is 0 Å². The minimum Gasteiger partial charge on any atom is -0.408 e. The van der Waals surface area contributed by atoms with Crippen LogP contribution >= 0.6 is 0 Å². The first-order valence-corrected chi connectivity index (χ1v) is 8.92. The van der Waals surface area contributed by atoms with Gasteiger partial charge in [0.15, 0.2) is 16.8 Å². The Morgan fingerprint density at radius 1 is 0.579 bits per heavy atom. The minimum atomic E-state index is 0.537. The maximum absolute atomic E-state index is 4.18. The first-order valence-electron chi connectivity index (χ1n) is 8.92. The first kappa shape index (κ1) is 13.9. The maximum Gasteiger partial charge on any atom is 0.167 e. The minimum absolute atomic E-state index is 0.537. The predicted octanol–water partition coefficient (Wildman–Crippen LogP) is 5.54. The van der Waals surface area contributed by atoms with E-state index in [1.807, 2.05) is 0 Å². The van der Waals surface area contributed by atoms with Crippen molar-refractivity contribution in [3.8, 4) is 0 Å². The van der Waals surface area contributed by atoms with Gasteiger partial charge in [-0.1, -0.05) is 20.8 Å². The summed E-state index contributed by atoms with van der Waals surface area (Å²) in [4.78, 5) is 0. The summed E-state index contributed by atoms with van der Waals surface area (Å²) < 4.78 is 4.18. The molecule has 0 N–H and O–H groups in total. The van der Waals surface area contributed by atoms with Crippen LogP contribution in [0.4, 0.5) is 0 Å². The summed E-state index contributed by atoms with van der Waals surface area (Å²) in [6.45, 7) is 7.14. The standard InChI is InChI=1S/C18H33O/c1-4-7-16-10-12-17(8-5-2)14-15-18(9-6-3,13-11-16)19(16)17/h4-15H2,1-3H3/q+1. The maximum atomic E-state index is 4.18. The summed E-state index contributed by atoms with van der Waals surface area (Å²) in [5.74, 6) is 0. The normalized spacial score (nSPS) is 45.0. The van der Waals surface area contributed by atoms with Crippen LogP contribution in [0, 0.1) is 0 Å². The zero-order valence-corrected chi connectivity index (χ0v) is 13.4. The van der Waals surface area contributed by atoms with E-state index in [9.17, 15) is 0 Å². The molecule has 3 aliphatic rings. The van der Waals surface area contributed by atoms with Crippen LogP contribution < -0.4 is 0 Å². The van der Waals surface area contributed by atoms with Gasteiger partial charge in [-0.3, -0.25) is 0 Å². The lowest BCUT2D eigenvalue weighted by Crippen LogP contribution is -2.47. The molecule has 3 rings (SSSR count).